The molecule has 0 saturated carbocycles. The Morgan fingerprint density at radius 3 is 2.72 bits per heavy atom. The fourth-order valence-corrected chi connectivity index (χ4v) is 3.38. The number of rotatable bonds is 7. The Hall–Kier alpha value is -3.73. The summed E-state index contributed by atoms with van der Waals surface area (Å²) in [5.74, 6) is -1.68. The van der Waals surface area contributed by atoms with Crippen LogP contribution in [0.2, 0.25) is 0 Å². The number of hydrogen-bond acceptors (Lipinski definition) is 7. The standard InChI is InChI=1S/C18H15N5O5S/c1-11-3-2-8-22-16(11)20-15(18(25)26)17(22)29-10-14(24)21-19-9-12-4-6-13(7-5-12)23(27)28/h2-9H,10H2,1H3,(H,21,24)(H,25,26)/b19-9+. The molecular formula is C18H15N5O5S. The minimum absolute atomic E-state index is 0.0416. The first-order chi connectivity index (χ1) is 13.9. The monoisotopic (exact) mass is 413 g/mol. The second-order valence-corrected chi connectivity index (χ2v) is 6.85. The number of hydrogen-bond donors (Lipinski definition) is 2. The Balaban J connectivity index is 1.65. The minimum Gasteiger partial charge on any atom is -0.476 e. The molecule has 0 aliphatic carbocycles. The lowest BCUT2D eigenvalue weighted by molar-refractivity contribution is -0.384. The number of fused-ring (bicyclic) bond motifs is 1. The SMILES string of the molecule is Cc1cccn2c(SCC(=O)N/N=C/c3ccc([N+](=O)[O-])cc3)c(C(=O)O)nc12. The highest BCUT2D eigenvalue weighted by molar-refractivity contribution is 8.00. The van der Waals surface area contributed by atoms with Crippen LogP contribution in [0.4, 0.5) is 5.69 Å². The summed E-state index contributed by atoms with van der Waals surface area (Å²) in [6, 6.07) is 9.26. The van der Waals surface area contributed by atoms with Crippen LogP contribution in [0.3, 0.4) is 0 Å². The van der Waals surface area contributed by atoms with Gasteiger partial charge >= 0.3 is 5.97 Å². The van der Waals surface area contributed by atoms with Crippen molar-refractivity contribution in [2.75, 3.05) is 5.75 Å². The van der Waals surface area contributed by atoms with E-state index in [0.717, 1.165) is 17.3 Å². The van der Waals surface area contributed by atoms with Crippen molar-refractivity contribution >= 4 is 41.2 Å². The summed E-state index contributed by atoms with van der Waals surface area (Å²) in [6.07, 6.45) is 3.04. The number of aromatic carboxylic acids is 1. The number of carbonyl (C=O) groups excluding carboxylic acids is 1. The second kappa shape index (κ2) is 8.52. The Kier molecular flexibility index (Phi) is 5.88. The third-order valence-electron chi connectivity index (χ3n) is 3.85. The molecule has 0 aliphatic heterocycles. The van der Waals surface area contributed by atoms with Crippen molar-refractivity contribution in [3.8, 4) is 0 Å². The maximum Gasteiger partial charge on any atom is 0.357 e. The third-order valence-corrected chi connectivity index (χ3v) is 4.92. The Morgan fingerprint density at radius 1 is 1.34 bits per heavy atom. The van der Waals surface area contributed by atoms with E-state index in [0.29, 0.717) is 16.2 Å². The second-order valence-electron chi connectivity index (χ2n) is 5.89. The average molecular weight is 413 g/mol. The van der Waals surface area contributed by atoms with Crippen LogP contribution in [-0.4, -0.2) is 43.3 Å². The first kappa shape index (κ1) is 20.0. The topological polar surface area (TPSA) is 139 Å². The molecule has 2 N–H and O–H groups in total. The Morgan fingerprint density at radius 2 is 2.07 bits per heavy atom. The number of carbonyl (C=O) groups is 2. The number of amides is 1. The van der Waals surface area contributed by atoms with Crippen molar-refractivity contribution in [2.24, 2.45) is 5.10 Å². The smallest absolute Gasteiger partial charge is 0.357 e. The Bertz CT molecular complexity index is 1120. The number of aromatic nitrogens is 2. The van der Waals surface area contributed by atoms with Crippen LogP contribution >= 0.6 is 11.8 Å². The van der Waals surface area contributed by atoms with E-state index in [2.05, 4.69) is 15.5 Å². The van der Waals surface area contributed by atoms with Gasteiger partial charge in [0.25, 0.3) is 5.69 Å². The van der Waals surface area contributed by atoms with Gasteiger partial charge in [-0.05, 0) is 36.2 Å². The number of non-ortho nitro benzene ring substituents is 1. The van der Waals surface area contributed by atoms with Gasteiger partial charge in [0, 0.05) is 18.3 Å². The van der Waals surface area contributed by atoms with Gasteiger partial charge in [0.1, 0.15) is 10.7 Å². The molecule has 1 amide bonds. The van der Waals surface area contributed by atoms with Crippen LogP contribution < -0.4 is 5.43 Å². The summed E-state index contributed by atoms with van der Waals surface area (Å²) in [4.78, 5) is 37.8. The predicted molar refractivity (Wildman–Crippen MR) is 106 cm³/mol. The first-order valence-corrected chi connectivity index (χ1v) is 9.25. The molecule has 148 valence electrons. The van der Waals surface area contributed by atoms with Crippen LogP contribution in [0.5, 0.6) is 0 Å². The number of nitro benzene ring substituents is 1. The van der Waals surface area contributed by atoms with Crippen LogP contribution in [0.25, 0.3) is 5.65 Å². The molecule has 10 nitrogen and oxygen atoms in total. The van der Waals surface area contributed by atoms with Gasteiger partial charge in [0.2, 0.25) is 5.91 Å². The zero-order valence-electron chi connectivity index (χ0n) is 15.1. The lowest BCUT2D eigenvalue weighted by Gasteiger charge is -2.03. The normalized spacial score (nSPS) is 11.1. The average Bonchev–Trinajstić information content (AvgIpc) is 3.07. The molecule has 29 heavy (non-hydrogen) atoms. The molecule has 0 spiro atoms. The van der Waals surface area contributed by atoms with E-state index in [1.54, 1.807) is 16.7 Å². The number of nitrogens with zero attached hydrogens (tertiary/aromatic N) is 4. The molecule has 1 aromatic carbocycles. The molecule has 3 aromatic rings. The van der Waals surface area contributed by atoms with Crippen molar-refractivity contribution in [2.45, 2.75) is 11.9 Å². The molecule has 2 heterocycles. The van der Waals surface area contributed by atoms with Gasteiger partial charge in [0.05, 0.1) is 16.9 Å². The van der Waals surface area contributed by atoms with Crippen LogP contribution in [0, 0.1) is 17.0 Å². The summed E-state index contributed by atoms with van der Waals surface area (Å²) in [5, 5.41) is 24.2. The summed E-state index contributed by atoms with van der Waals surface area (Å²) >= 11 is 1.04. The van der Waals surface area contributed by atoms with Crippen LogP contribution in [0.15, 0.2) is 52.7 Å². The lowest BCUT2D eigenvalue weighted by atomic mass is 10.2. The molecular weight excluding hydrogens is 398 g/mol. The fraction of sp³-hybridized carbons (Fsp3) is 0.111. The third kappa shape index (κ3) is 4.58. The van der Waals surface area contributed by atoms with E-state index in [4.69, 9.17) is 0 Å². The van der Waals surface area contributed by atoms with Gasteiger partial charge in [-0.2, -0.15) is 5.10 Å². The molecule has 0 atom stereocenters. The number of imidazole rings is 1. The first-order valence-electron chi connectivity index (χ1n) is 8.27. The van der Waals surface area contributed by atoms with E-state index < -0.39 is 16.8 Å². The van der Waals surface area contributed by atoms with E-state index >= 15 is 0 Å². The van der Waals surface area contributed by atoms with E-state index in [1.165, 1.54) is 30.5 Å². The number of carboxylic acid groups (broad SMARTS) is 1. The molecule has 0 unspecified atom stereocenters. The number of aryl methyl sites for hydroxylation is 1. The fourth-order valence-electron chi connectivity index (χ4n) is 2.49. The van der Waals surface area contributed by atoms with Gasteiger partial charge in [-0.3, -0.25) is 19.3 Å². The molecule has 0 bridgehead atoms. The van der Waals surface area contributed by atoms with Gasteiger partial charge in [0.15, 0.2) is 5.69 Å². The Labute approximate surface area is 168 Å². The highest BCUT2D eigenvalue weighted by atomic mass is 32.2. The molecule has 0 saturated heterocycles. The molecule has 0 radical (unpaired) electrons. The summed E-state index contributed by atoms with van der Waals surface area (Å²) in [5.41, 5.74) is 4.09. The van der Waals surface area contributed by atoms with E-state index in [1.807, 2.05) is 13.0 Å². The van der Waals surface area contributed by atoms with Gasteiger partial charge in [-0.25, -0.2) is 15.2 Å². The summed E-state index contributed by atoms with van der Waals surface area (Å²) < 4.78 is 1.64. The zero-order chi connectivity index (χ0) is 21.0. The van der Waals surface area contributed by atoms with E-state index in [-0.39, 0.29) is 17.1 Å². The molecule has 0 fully saturated rings. The largest absolute Gasteiger partial charge is 0.476 e. The van der Waals surface area contributed by atoms with Crippen molar-refractivity contribution in [1.82, 2.24) is 14.8 Å². The van der Waals surface area contributed by atoms with Crippen molar-refractivity contribution in [1.29, 1.82) is 0 Å². The molecule has 3 rings (SSSR count). The minimum atomic E-state index is -1.17. The number of thioether (sulfide) groups is 1. The van der Waals surface area contributed by atoms with Gasteiger partial charge < -0.3 is 5.11 Å². The maximum absolute atomic E-state index is 12.0. The highest BCUT2D eigenvalue weighted by Crippen LogP contribution is 2.25. The van der Waals surface area contributed by atoms with E-state index in [9.17, 15) is 24.8 Å². The van der Waals surface area contributed by atoms with Gasteiger partial charge in [-0.15, -0.1) is 0 Å². The van der Waals surface area contributed by atoms with Crippen molar-refractivity contribution < 1.29 is 19.6 Å². The number of benzene rings is 1. The van der Waals surface area contributed by atoms with Crippen molar-refractivity contribution in [3.63, 3.8) is 0 Å². The highest BCUT2D eigenvalue weighted by Gasteiger charge is 2.20. The van der Waals surface area contributed by atoms with Crippen molar-refractivity contribution in [3.05, 3.63) is 69.5 Å². The lowest BCUT2D eigenvalue weighted by Crippen LogP contribution is -2.20. The summed E-state index contributed by atoms with van der Waals surface area (Å²) in [7, 11) is 0. The number of hydrazone groups is 1. The zero-order valence-corrected chi connectivity index (χ0v) is 15.9. The predicted octanol–water partition coefficient (Wildman–Crippen LogP) is 2.49. The number of pyridine rings is 1. The van der Waals surface area contributed by atoms with Gasteiger partial charge in [-0.1, -0.05) is 17.8 Å². The number of nitro groups is 1. The molecule has 0 aliphatic rings. The quantitative estimate of drug-likeness (QED) is 0.262. The number of nitrogens with one attached hydrogen (secondary N) is 1. The number of carboxylic acids is 1. The van der Waals surface area contributed by atoms with Crippen LogP contribution in [-0.2, 0) is 4.79 Å². The molecule has 2 aromatic heterocycles. The van der Waals surface area contributed by atoms with Crippen LogP contribution in [0.1, 0.15) is 21.6 Å². The molecule has 11 heteroatoms. The summed E-state index contributed by atoms with van der Waals surface area (Å²) in [6.45, 7) is 1.82. The maximum atomic E-state index is 12.0.